The predicted molar refractivity (Wildman–Crippen MR) is 101 cm³/mol. The van der Waals surface area contributed by atoms with E-state index in [0.29, 0.717) is 24.5 Å². The number of nitrogens with one attached hydrogen (secondary N) is 2. The summed E-state index contributed by atoms with van der Waals surface area (Å²) >= 11 is 3.50. The molecule has 2 N–H and O–H groups in total. The zero-order chi connectivity index (χ0) is 19.6. The number of amides is 1. The first-order valence-electron chi connectivity index (χ1n) is 8.11. The topological polar surface area (TPSA) is 54.1 Å². The van der Waals surface area contributed by atoms with Crippen molar-refractivity contribution >= 4 is 38.4 Å². The lowest BCUT2D eigenvalue weighted by Gasteiger charge is -2.10. The van der Waals surface area contributed by atoms with Gasteiger partial charge in [-0.25, -0.2) is 0 Å². The molecule has 0 fully saturated rings. The zero-order valence-electron chi connectivity index (χ0n) is 14.3. The summed E-state index contributed by atoms with van der Waals surface area (Å²) in [7, 11) is 0. The number of carbonyl (C=O) groups excluding carboxylic acids is 1. The summed E-state index contributed by atoms with van der Waals surface area (Å²) in [6, 6.07) is 8.49. The number of carbonyl (C=O) groups is 1. The minimum atomic E-state index is -4.36. The molecule has 0 atom stereocenters. The van der Waals surface area contributed by atoms with E-state index in [1.165, 1.54) is 19.1 Å². The number of benzene rings is 2. The summed E-state index contributed by atoms with van der Waals surface area (Å²) in [5, 5.41) is 3.63. The fourth-order valence-electron chi connectivity index (χ4n) is 2.71. The van der Waals surface area contributed by atoms with Crippen molar-refractivity contribution in [3.63, 3.8) is 0 Å². The van der Waals surface area contributed by atoms with Gasteiger partial charge in [0.15, 0.2) is 0 Å². The van der Waals surface area contributed by atoms with Crippen LogP contribution in [0.15, 0.2) is 47.1 Å². The van der Waals surface area contributed by atoms with Crippen LogP contribution in [0.5, 0.6) is 5.75 Å². The summed E-state index contributed by atoms with van der Waals surface area (Å²) < 4.78 is 44.1. The molecule has 1 heterocycles. The highest BCUT2D eigenvalue weighted by atomic mass is 79.9. The Bertz CT molecular complexity index is 965. The van der Waals surface area contributed by atoms with Gasteiger partial charge in [-0.1, -0.05) is 0 Å². The second-order valence-electron chi connectivity index (χ2n) is 6.00. The molecule has 2 aromatic carbocycles. The Morgan fingerprint density at radius 2 is 1.93 bits per heavy atom. The molecule has 1 amide bonds. The summed E-state index contributed by atoms with van der Waals surface area (Å²) in [5.41, 5.74) is 1.81. The van der Waals surface area contributed by atoms with Gasteiger partial charge in [0.25, 0.3) is 0 Å². The molecule has 0 radical (unpaired) electrons. The van der Waals surface area contributed by atoms with Crippen LogP contribution < -0.4 is 10.1 Å². The van der Waals surface area contributed by atoms with Crippen LogP contribution in [0.25, 0.3) is 10.9 Å². The quantitative estimate of drug-likeness (QED) is 0.547. The number of fused-ring (bicyclic) bond motifs is 1. The third-order valence-corrected chi connectivity index (χ3v) is 4.58. The molecular formula is C19H16BrF3N2O2. The molecule has 0 aliphatic carbocycles. The van der Waals surface area contributed by atoms with Crippen LogP contribution in [0.1, 0.15) is 18.1 Å². The smallest absolute Gasteiger partial charge is 0.416 e. The highest BCUT2D eigenvalue weighted by molar-refractivity contribution is 9.10. The number of hydrogen-bond donors (Lipinski definition) is 2. The molecular weight excluding hydrogens is 425 g/mol. The number of alkyl halides is 3. The number of H-pyrrole nitrogens is 1. The van der Waals surface area contributed by atoms with Gasteiger partial charge in [-0.05, 0) is 57.9 Å². The zero-order valence-corrected chi connectivity index (χ0v) is 15.9. The Hall–Kier alpha value is -2.48. The van der Waals surface area contributed by atoms with E-state index in [4.69, 9.17) is 4.74 Å². The molecule has 27 heavy (non-hydrogen) atoms. The van der Waals surface area contributed by atoms with Crippen molar-refractivity contribution in [1.82, 2.24) is 4.98 Å². The number of halogens is 4. The van der Waals surface area contributed by atoms with Gasteiger partial charge in [-0.2, -0.15) is 13.2 Å². The third kappa shape index (κ3) is 4.63. The van der Waals surface area contributed by atoms with Crippen molar-refractivity contribution in [1.29, 1.82) is 0 Å². The van der Waals surface area contributed by atoms with Gasteiger partial charge in [-0.3, -0.25) is 4.79 Å². The van der Waals surface area contributed by atoms with Crippen molar-refractivity contribution in [3.05, 3.63) is 58.2 Å². The first-order valence-corrected chi connectivity index (χ1v) is 8.90. The number of rotatable bonds is 5. The van der Waals surface area contributed by atoms with Crippen LogP contribution in [0.3, 0.4) is 0 Å². The lowest BCUT2D eigenvalue weighted by atomic mass is 10.1. The van der Waals surface area contributed by atoms with E-state index >= 15 is 0 Å². The van der Waals surface area contributed by atoms with E-state index in [0.717, 1.165) is 33.1 Å². The second kappa shape index (κ2) is 7.64. The molecule has 3 rings (SSSR count). The molecule has 3 aromatic rings. The maximum atomic E-state index is 12.6. The molecule has 0 bridgehead atoms. The maximum absolute atomic E-state index is 12.6. The molecule has 0 unspecified atom stereocenters. The van der Waals surface area contributed by atoms with Crippen LogP contribution in [0.2, 0.25) is 0 Å². The number of anilines is 1. The number of hydrogen-bond acceptors (Lipinski definition) is 2. The average molecular weight is 441 g/mol. The molecule has 0 aliphatic heterocycles. The first-order chi connectivity index (χ1) is 12.7. The number of aromatic amines is 1. The summed E-state index contributed by atoms with van der Waals surface area (Å²) in [5.74, 6) is 0.215. The van der Waals surface area contributed by atoms with Gasteiger partial charge < -0.3 is 15.0 Å². The van der Waals surface area contributed by atoms with E-state index in [2.05, 4.69) is 26.2 Å². The largest absolute Gasteiger partial charge is 0.493 e. The molecule has 142 valence electrons. The minimum absolute atomic E-state index is 0.164. The molecule has 1 aromatic heterocycles. The normalized spacial score (nSPS) is 11.6. The highest BCUT2D eigenvalue weighted by Gasteiger charge is 2.30. The fraction of sp³-hybridized carbons (Fsp3) is 0.211. The first kappa shape index (κ1) is 19.3. The Balaban J connectivity index is 1.69. The van der Waals surface area contributed by atoms with E-state index in [1.54, 1.807) is 6.20 Å². The van der Waals surface area contributed by atoms with E-state index in [9.17, 15) is 18.0 Å². The lowest BCUT2D eigenvalue weighted by molar-refractivity contribution is -0.137. The van der Waals surface area contributed by atoms with Crippen molar-refractivity contribution in [2.75, 3.05) is 11.9 Å². The second-order valence-corrected chi connectivity index (χ2v) is 6.86. The number of ether oxygens (including phenoxy) is 1. The van der Waals surface area contributed by atoms with Crippen LogP contribution in [0, 0.1) is 0 Å². The Labute approximate surface area is 161 Å². The van der Waals surface area contributed by atoms with Crippen molar-refractivity contribution < 1.29 is 22.7 Å². The van der Waals surface area contributed by atoms with Crippen molar-refractivity contribution in [2.45, 2.75) is 19.5 Å². The maximum Gasteiger partial charge on any atom is 0.416 e. The van der Waals surface area contributed by atoms with Gasteiger partial charge in [0.05, 0.1) is 23.4 Å². The number of aromatic nitrogens is 1. The van der Waals surface area contributed by atoms with Crippen LogP contribution in [-0.4, -0.2) is 17.5 Å². The van der Waals surface area contributed by atoms with Gasteiger partial charge in [0.2, 0.25) is 5.91 Å². The lowest BCUT2D eigenvalue weighted by Crippen LogP contribution is -2.06. The molecule has 4 nitrogen and oxygen atoms in total. The van der Waals surface area contributed by atoms with E-state index in [1.807, 2.05) is 12.1 Å². The SMILES string of the molecule is CC(=O)Nc1c[nH]c2c(Br)cc(CCOc3ccc(C(F)(F)F)cc3)cc12. The minimum Gasteiger partial charge on any atom is -0.493 e. The van der Waals surface area contributed by atoms with Crippen molar-refractivity contribution in [2.24, 2.45) is 0 Å². The van der Waals surface area contributed by atoms with Crippen LogP contribution in [0.4, 0.5) is 18.9 Å². The molecule has 0 saturated heterocycles. The van der Waals surface area contributed by atoms with E-state index < -0.39 is 11.7 Å². The van der Waals surface area contributed by atoms with Gasteiger partial charge in [-0.15, -0.1) is 0 Å². The van der Waals surface area contributed by atoms with Crippen LogP contribution in [-0.2, 0) is 17.4 Å². The summed E-state index contributed by atoms with van der Waals surface area (Å²) in [6.45, 7) is 1.75. The van der Waals surface area contributed by atoms with Gasteiger partial charge in [0, 0.05) is 29.4 Å². The molecule has 0 aliphatic rings. The van der Waals surface area contributed by atoms with Crippen LogP contribution >= 0.6 is 15.9 Å². The van der Waals surface area contributed by atoms with Crippen molar-refractivity contribution in [3.8, 4) is 5.75 Å². The Morgan fingerprint density at radius 1 is 1.22 bits per heavy atom. The summed E-state index contributed by atoms with van der Waals surface area (Å²) in [4.78, 5) is 14.4. The predicted octanol–water partition coefficient (Wildman–Crippen LogP) is 5.53. The molecule has 8 heteroatoms. The fourth-order valence-corrected chi connectivity index (χ4v) is 3.33. The van der Waals surface area contributed by atoms with Gasteiger partial charge in [0.1, 0.15) is 5.75 Å². The Kier molecular flexibility index (Phi) is 5.46. The Morgan fingerprint density at radius 3 is 2.56 bits per heavy atom. The summed E-state index contributed by atoms with van der Waals surface area (Å²) in [6.07, 6.45) is -2.08. The molecule has 0 saturated carbocycles. The monoisotopic (exact) mass is 440 g/mol. The standard InChI is InChI=1S/C19H16BrF3N2O2/c1-11(26)25-17-10-24-18-15(17)8-12(9-16(18)20)6-7-27-14-4-2-13(3-5-14)19(21,22)23/h2-5,8-10,24H,6-7H2,1H3,(H,25,26). The van der Waals surface area contributed by atoms with Gasteiger partial charge >= 0.3 is 6.18 Å². The average Bonchev–Trinajstić information content (AvgIpc) is 2.97. The third-order valence-electron chi connectivity index (χ3n) is 3.95. The highest BCUT2D eigenvalue weighted by Crippen LogP contribution is 2.32. The molecule has 0 spiro atoms. The van der Waals surface area contributed by atoms with E-state index in [-0.39, 0.29) is 5.91 Å².